The quantitative estimate of drug-likeness (QED) is 0.929. The van der Waals surface area contributed by atoms with Gasteiger partial charge in [0.15, 0.2) is 4.67 Å². The second-order valence-electron chi connectivity index (χ2n) is 4.97. The minimum atomic E-state index is 0.609. The van der Waals surface area contributed by atoms with Crippen LogP contribution >= 0.6 is 15.9 Å². The Balaban J connectivity index is 1.95. The molecule has 3 nitrogen and oxygen atoms in total. The van der Waals surface area contributed by atoms with Crippen molar-refractivity contribution >= 4 is 15.9 Å². The number of nitrogens with two attached hydrogens (primary N) is 1. The lowest BCUT2D eigenvalue weighted by atomic mass is 9.83. The van der Waals surface area contributed by atoms with Crippen molar-refractivity contribution in [2.75, 3.05) is 13.6 Å². The summed E-state index contributed by atoms with van der Waals surface area (Å²) in [6, 6.07) is 4.59. The summed E-state index contributed by atoms with van der Waals surface area (Å²) in [5, 5.41) is 0. The summed E-state index contributed by atoms with van der Waals surface area (Å²) < 4.78 is 6.36. The lowest BCUT2D eigenvalue weighted by Gasteiger charge is -2.37. The molecule has 1 heterocycles. The molecule has 0 radical (unpaired) electrons. The Morgan fingerprint density at radius 3 is 2.82 bits per heavy atom. The first-order chi connectivity index (χ1) is 8.20. The summed E-state index contributed by atoms with van der Waals surface area (Å²) in [6.45, 7) is 1.67. The number of nitrogens with zero attached hydrogens (tertiary/aromatic N) is 1. The van der Waals surface area contributed by atoms with Crippen LogP contribution in [0.4, 0.5) is 0 Å². The maximum absolute atomic E-state index is 5.87. The fourth-order valence-electron chi connectivity index (χ4n) is 2.84. The molecular formula is C13H21BrN2O. The summed E-state index contributed by atoms with van der Waals surface area (Å²) in [4.78, 5) is 2.39. The highest BCUT2D eigenvalue weighted by Crippen LogP contribution is 2.28. The van der Waals surface area contributed by atoms with E-state index >= 15 is 0 Å². The van der Waals surface area contributed by atoms with Gasteiger partial charge in [0.05, 0.1) is 6.54 Å². The molecule has 0 aromatic carbocycles. The molecule has 2 rings (SSSR count). The summed E-state index contributed by atoms with van der Waals surface area (Å²) in [7, 11) is 2.18. The fraction of sp³-hybridized carbons (Fsp3) is 0.692. The van der Waals surface area contributed by atoms with Gasteiger partial charge in [-0.1, -0.05) is 12.8 Å². The van der Waals surface area contributed by atoms with Crippen LogP contribution in [0.3, 0.4) is 0 Å². The van der Waals surface area contributed by atoms with E-state index in [1.807, 2.05) is 12.1 Å². The zero-order valence-corrected chi connectivity index (χ0v) is 11.9. The van der Waals surface area contributed by atoms with Gasteiger partial charge in [-0.05, 0) is 60.4 Å². The Labute approximate surface area is 111 Å². The van der Waals surface area contributed by atoms with Crippen LogP contribution in [-0.4, -0.2) is 24.5 Å². The molecule has 0 bridgehead atoms. The number of rotatable bonds is 4. The standard InChI is InChI=1S/C13H21BrN2O/c1-16(9-11-6-7-13(14)17-11)12-5-3-2-4-10(12)8-15/h6-7,10,12H,2-5,8-9,15H2,1H3. The molecule has 4 heteroatoms. The monoisotopic (exact) mass is 300 g/mol. The molecule has 0 saturated heterocycles. The van der Waals surface area contributed by atoms with Gasteiger partial charge in [-0.2, -0.15) is 0 Å². The summed E-state index contributed by atoms with van der Waals surface area (Å²) in [5.41, 5.74) is 5.87. The third-order valence-corrected chi connectivity index (χ3v) is 4.20. The SMILES string of the molecule is CN(Cc1ccc(Br)o1)C1CCCCC1CN. The van der Waals surface area contributed by atoms with Gasteiger partial charge >= 0.3 is 0 Å². The normalized spacial score (nSPS) is 25.4. The molecule has 2 unspecified atom stereocenters. The van der Waals surface area contributed by atoms with Crippen LogP contribution in [0.2, 0.25) is 0 Å². The van der Waals surface area contributed by atoms with Crippen molar-refractivity contribution in [1.29, 1.82) is 0 Å². The average Bonchev–Trinajstić information content (AvgIpc) is 2.74. The van der Waals surface area contributed by atoms with Crippen LogP contribution in [0.5, 0.6) is 0 Å². The van der Waals surface area contributed by atoms with Crippen LogP contribution in [0.15, 0.2) is 21.2 Å². The Hall–Kier alpha value is -0.320. The van der Waals surface area contributed by atoms with Gasteiger partial charge in [0.25, 0.3) is 0 Å². The van der Waals surface area contributed by atoms with Crippen molar-refractivity contribution in [2.45, 2.75) is 38.3 Å². The van der Waals surface area contributed by atoms with E-state index in [1.54, 1.807) is 0 Å². The second kappa shape index (κ2) is 6.03. The second-order valence-corrected chi connectivity index (χ2v) is 5.75. The van der Waals surface area contributed by atoms with Crippen LogP contribution in [0.1, 0.15) is 31.4 Å². The van der Waals surface area contributed by atoms with E-state index in [0.29, 0.717) is 12.0 Å². The van der Waals surface area contributed by atoms with Gasteiger partial charge < -0.3 is 10.2 Å². The smallest absolute Gasteiger partial charge is 0.169 e. The van der Waals surface area contributed by atoms with Gasteiger partial charge in [0.1, 0.15) is 5.76 Å². The summed E-state index contributed by atoms with van der Waals surface area (Å²) in [5.74, 6) is 1.66. The Kier molecular flexibility index (Phi) is 4.65. The number of halogens is 1. The van der Waals surface area contributed by atoms with E-state index in [2.05, 4.69) is 27.9 Å². The molecule has 1 aliphatic rings. The van der Waals surface area contributed by atoms with Crippen molar-refractivity contribution in [2.24, 2.45) is 11.7 Å². The third kappa shape index (κ3) is 3.33. The molecule has 2 atom stereocenters. The first kappa shape index (κ1) is 13.1. The Morgan fingerprint density at radius 1 is 1.41 bits per heavy atom. The van der Waals surface area contributed by atoms with E-state index in [-0.39, 0.29) is 0 Å². The highest BCUT2D eigenvalue weighted by molar-refractivity contribution is 9.10. The molecule has 1 saturated carbocycles. The van der Waals surface area contributed by atoms with Crippen LogP contribution in [0, 0.1) is 5.92 Å². The highest BCUT2D eigenvalue weighted by atomic mass is 79.9. The molecule has 0 spiro atoms. The highest BCUT2D eigenvalue weighted by Gasteiger charge is 2.27. The van der Waals surface area contributed by atoms with Crippen molar-refractivity contribution < 1.29 is 4.42 Å². The molecular weight excluding hydrogens is 280 g/mol. The molecule has 17 heavy (non-hydrogen) atoms. The minimum absolute atomic E-state index is 0.609. The van der Waals surface area contributed by atoms with Gasteiger partial charge in [0, 0.05) is 6.04 Å². The van der Waals surface area contributed by atoms with Crippen molar-refractivity contribution in [1.82, 2.24) is 4.90 Å². The first-order valence-electron chi connectivity index (χ1n) is 6.35. The summed E-state index contributed by atoms with van der Waals surface area (Å²) >= 11 is 3.34. The molecule has 1 aliphatic carbocycles. The van der Waals surface area contributed by atoms with E-state index in [1.165, 1.54) is 25.7 Å². The van der Waals surface area contributed by atoms with Gasteiger partial charge in [-0.3, -0.25) is 4.90 Å². The van der Waals surface area contributed by atoms with Crippen molar-refractivity contribution in [3.05, 3.63) is 22.6 Å². The predicted octanol–water partition coefficient (Wildman–Crippen LogP) is 2.99. The zero-order valence-electron chi connectivity index (χ0n) is 10.4. The maximum Gasteiger partial charge on any atom is 0.169 e. The molecule has 1 aromatic rings. The molecule has 0 aliphatic heterocycles. The molecule has 2 N–H and O–H groups in total. The van der Waals surface area contributed by atoms with E-state index in [9.17, 15) is 0 Å². The van der Waals surface area contributed by atoms with Gasteiger partial charge in [0.2, 0.25) is 0 Å². The van der Waals surface area contributed by atoms with E-state index in [4.69, 9.17) is 10.2 Å². The summed E-state index contributed by atoms with van der Waals surface area (Å²) in [6.07, 6.45) is 5.19. The molecule has 1 aromatic heterocycles. The lowest BCUT2D eigenvalue weighted by molar-refractivity contribution is 0.120. The van der Waals surface area contributed by atoms with Crippen molar-refractivity contribution in [3.8, 4) is 0 Å². The third-order valence-electron chi connectivity index (χ3n) is 3.77. The van der Waals surface area contributed by atoms with E-state index < -0.39 is 0 Å². The topological polar surface area (TPSA) is 42.4 Å². The molecule has 1 fully saturated rings. The fourth-order valence-corrected chi connectivity index (χ4v) is 3.18. The average molecular weight is 301 g/mol. The Bertz CT molecular complexity index is 353. The van der Waals surface area contributed by atoms with Crippen LogP contribution in [-0.2, 0) is 6.54 Å². The lowest BCUT2D eigenvalue weighted by Crippen LogP contribution is -2.42. The molecule has 96 valence electrons. The molecule has 0 amide bonds. The van der Waals surface area contributed by atoms with Crippen LogP contribution in [0.25, 0.3) is 0 Å². The maximum atomic E-state index is 5.87. The van der Waals surface area contributed by atoms with Crippen molar-refractivity contribution in [3.63, 3.8) is 0 Å². The predicted molar refractivity (Wildman–Crippen MR) is 72.7 cm³/mol. The van der Waals surface area contributed by atoms with E-state index in [0.717, 1.165) is 23.5 Å². The first-order valence-corrected chi connectivity index (χ1v) is 7.14. The van der Waals surface area contributed by atoms with Gasteiger partial charge in [-0.15, -0.1) is 0 Å². The zero-order chi connectivity index (χ0) is 12.3. The minimum Gasteiger partial charge on any atom is -0.453 e. The number of furan rings is 1. The van der Waals surface area contributed by atoms with Crippen LogP contribution < -0.4 is 5.73 Å². The largest absolute Gasteiger partial charge is 0.453 e. The van der Waals surface area contributed by atoms with Gasteiger partial charge in [-0.25, -0.2) is 0 Å². The number of hydrogen-bond donors (Lipinski definition) is 1. The number of hydrogen-bond acceptors (Lipinski definition) is 3. The Morgan fingerprint density at radius 2 is 2.18 bits per heavy atom.